The lowest BCUT2D eigenvalue weighted by atomic mass is 10.2. The minimum absolute atomic E-state index is 0.547. The molecule has 1 aromatic carbocycles. The van der Waals surface area contributed by atoms with E-state index in [1.165, 1.54) is 5.56 Å². The molecule has 0 bridgehead atoms. The number of hydrogen-bond donors (Lipinski definition) is 1. The van der Waals surface area contributed by atoms with Gasteiger partial charge >= 0.3 is 0 Å². The molecular weight excluding hydrogens is 242 g/mol. The second-order valence-electron chi connectivity index (χ2n) is 4.36. The van der Waals surface area contributed by atoms with Crippen molar-refractivity contribution in [3.05, 3.63) is 35.7 Å². The number of hydrogen-bond acceptors (Lipinski definition) is 5. The lowest BCUT2D eigenvalue weighted by Crippen LogP contribution is -2.09. The standard InChI is InChI=1S/C13H19N5O/c1-11-3-5-12(6-4-11)19-10-7-13-15-17-18(16-13)9-2-8-14/h3-6H,2,7-10,14H2,1H3. The lowest BCUT2D eigenvalue weighted by molar-refractivity contribution is 0.318. The van der Waals surface area contributed by atoms with Crippen LogP contribution < -0.4 is 10.5 Å². The van der Waals surface area contributed by atoms with Crippen molar-refractivity contribution >= 4 is 0 Å². The van der Waals surface area contributed by atoms with E-state index in [0.717, 1.165) is 12.2 Å². The molecule has 0 spiro atoms. The van der Waals surface area contributed by atoms with Crippen LogP contribution in [0.5, 0.6) is 5.75 Å². The molecule has 1 heterocycles. The molecule has 0 atom stereocenters. The summed E-state index contributed by atoms with van der Waals surface area (Å²) in [6, 6.07) is 7.97. The van der Waals surface area contributed by atoms with E-state index in [0.29, 0.717) is 31.9 Å². The van der Waals surface area contributed by atoms with Crippen LogP contribution in [0, 0.1) is 6.92 Å². The van der Waals surface area contributed by atoms with Crippen LogP contribution in [-0.2, 0) is 13.0 Å². The normalized spacial score (nSPS) is 10.6. The maximum absolute atomic E-state index is 5.62. The Morgan fingerprint density at radius 2 is 2.05 bits per heavy atom. The molecule has 1 aromatic heterocycles. The van der Waals surface area contributed by atoms with Crippen molar-refractivity contribution in [2.75, 3.05) is 13.2 Å². The number of nitrogens with two attached hydrogens (primary N) is 1. The minimum Gasteiger partial charge on any atom is -0.493 e. The molecule has 6 heteroatoms. The third-order valence-corrected chi connectivity index (χ3v) is 2.67. The summed E-state index contributed by atoms with van der Waals surface area (Å²) < 4.78 is 5.62. The van der Waals surface area contributed by atoms with E-state index in [1.54, 1.807) is 4.80 Å². The van der Waals surface area contributed by atoms with Gasteiger partial charge in [-0.05, 0) is 37.2 Å². The molecular formula is C13H19N5O. The van der Waals surface area contributed by atoms with E-state index in [2.05, 4.69) is 15.4 Å². The van der Waals surface area contributed by atoms with Gasteiger partial charge in [-0.15, -0.1) is 10.2 Å². The third kappa shape index (κ3) is 4.33. The Morgan fingerprint density at radius 3 is 2.79 bits per heavy atom. The fourth-order valence-electron chi connectivity index (χ4n) is 1.60. The Kier molecular flexibility index (Phi) is 4.85. The molecule has 0 saturated heterocycles. The predicted molar refractivity (Wildman–Crippen MR) is 71.9 cm³/mol. The summed E-state index contributed by atoms with van der Waals surface area (Å²) in [7, 11) is 0. The smallest absolute Gasteiger partial charge is 0.178 e. The van der Waals surface area contributed by atoms with Crippen LogP contribution in [0.25, 0.3) is 0 Å². The van der Waals surface area contributed by atoms with Gasteiger partial charge in [0.1, 0.15) is 5.75 Å². The Balaban J connectivity index is 1.76. The Hall–Kier alpha value is -1.95. The summed E-state index contributed by atoms with van der Waals surface area (Å²) in [4.78, 5) is 1.58. The average molecular weight is 261 g/mol. The first-order chi connectivity index (χ1) is 9.28. The van der Waals surface area contributed by atoms with Crippen molar-refractivity contribution in [3.63, 3.8) is 0 Å². The molecule has 0 unspecified atom stereocenters. The van der Waals surface area contributed by atoms with Crippen LogP contribution in [0.2, 0.25) is 0 Å². The Bertz CT molecular complexity index is 494. The molecule has 0 radical (unpaired) electrons. The molecule has 0 aliphatic rings. The lowest BCUT2D eigenvalue weighted by Gasteiger charge is -2.04. The molecule has 0 amide bonds. The molecule has 2 aromatic rings. The molecule has 102 valence electrons. The van der Waals surface area contributed by atoms with Gasteiger partial charge in [-0.2, -0.15) is 4.80 Å². The zero-order valence-electron chi connectivity index (χ0n) is 11.1. The molecule has 0 aliphatic heterocycles. The van der Waals surface area contributed by atoms with Crippen LogP contribution in [0.4, 0.5) is 0 Å². The van der Waals surface area contributed by atoms with Crippen molar-refractivity contribution in [3.8, 4) is 5.75 Å². The molecule has 2 rings (SSSR count). The van der Waals surface area contributed by atoms with Gasteiger partial charge in [-0.25, -0.2) is 0 Å². The van der Waals surface area contributed by atoms with E-state index in [-0.39, 0.29) is 0 Å². The van der Waals surface area contributed by atoms with Crippen molar-refractivity contribution in [2.45, 2.75) is 26.3 Å². The number of aryl methyl sites for hydroxylation is 2. The Morgan fingerprint density at radius 1 is 1.26 bits per heavy atom. The number of rotatable bonds is 7. The van der Waals surface area contributed by atoms with Crippen LogP contribution in [0.3, 0.4) is 0 Å². The second kappa shape index (κ2) is 6.84. The first-order valence-corrected chi connectivity index (χ1v) is 6.44. The number of benzene rings is 1. The maximum Gasteiger partial charge on any atom is 0.178 e. The Labute approximate surface area is 112 Å². The average Bonchev–Trinajstić information content (AvgIpc) is 2.87. The number of tetrazole rings is 1. The fraction of sp³-hybridized carbons (Fsp3) is 0.462. The fourth-order valence-corrected chi connectivity index (χ4v) is 1.60. The monoisotopic (exact) mass is 261 g/mol. The van der Waals surface area contributed by atoms with Gasteiger partial charge in [-0.3, -0.25) is 0 Å². The number of ether oxygens (including phenoxy) is 1. The highest BCUT2D eigenvalue weighted by Gasteiger charge is 2.03. The highest BCUT2D eigenvalue weighted by atomic mass is 16.5. The van der Waals surface area contributed by atoms with Crippen LogP contribution in [0.1, 0.15) is 17.8 Å². The molecule has 2 N–H and O–H groups in total. The summed E-state index contributed by atoms with van der Waals surface area (Å²) >= 11 is 0. The highest BCUT2D eigenvalue weighted by Crippen LogP contribution is 2.11. The maximum atomic E-state index is 5.62. The van der Waals surface area contributed by atoms with E-state index < -0.39 is 0 Å². The summed E-state index contributed by atoms with van der Waals surface area (Å²) in [5.41, 5.74) is 6.65. The van der Waals surface area contributed by atoms with E-state index >= 15 is 0 Å². The van der Waals surface area contributed by atoms with E-state index in [4.69, 9.17) is 10.5 Å². The van der Waals surface area contributed by atoms with Crippen molar-refractivity contribution in [1.29, 1.82) is 0 Å². The predicted octanol–water partition coefficient (Wildman–Crippen LogP) is 0.952. The van der Waals surface area contributed by atoms with E-state index in [9.17, 15) is 0 Å². The van der Waals surface area contributed by atoms with Gasteiger partial charge < -0.3 is 10.5 Å². The van der Waals surface area contributed by atoms with Gasteiger partial charge in [0, 0.05) is 6.42 Å². The first-order valence-electron chi connectivity index (χ1n) is 6.44. The number of aromatic nitrogens is 4. The van der Waals surface area contributed by atoms with Crippen molar-refractivity contribution < 1.29 is 4.74 Å². The summed E-state index contributed by atoms with van der Waals surface area (Å²) in [6.45, 7) is 3.94. The van der Waals surface area contributed by atoms with Crippen LogP contribution >= 0.6 is 0 Å². The topological polar surface area (TPSA) is 78.9 Å². The van der Waals surface area contributed by atoms with Gasteiger partial charge in [0.15, 0.2) is 5.82 Å². The van der Waals surface area contributed by atoms with Gasteiger partial charge in [0.25, 0.3) is 0 Å². The summed E-state index contributed by atoms with van der Waals surface area (Å²) in [5.74, 6) is 1.56. The van der Waals surface area contributed by atoms with Gasteiger partial charge in [0.05, 0.1) is 13.2 Å². The van der Waals surface area contributed by atoms with Crippen molar-refractivity contribution in [2.24, 2.45) is 5.73 Å². The second-order valence-corrected chi connectivity index (χ2v) is 4.36. The van der Waals surface area contributed by atoms with Crippen LogP contribution in [-0.4, -0.2) is 33.4 Å². The molecule has 0 aliphatic carbocycles. The molecule has 19 heavy (non-hydrogen) atoms. The van der Waals surface area contributed by atoms with Gasteiger partial charge in [-0.1, -0.05) is 17.7 Å². The summed E-state index contributed by atoms with van der Waals surface area (Å²) in [5, 5.41) is 12.2. The zero-order valence-corrected chi connectivity index (χ0v) is 11.1. The molecule has 0 saturated carbocycles. The SMILES string of the molecule is Cc1ccc(OCCc2nnn(CCCN)n2)cc1. The van der Waals surface area contributed by atoms with Crippen LogP contribution in [0.15, 0.2) is 24.3 Å². The zero-order chi connectivity index (χ0) is 13.5. The minimum atomic E-state index is 0.547. The number of nitrogens with zero attached hydrogens (tertiary/aromatic N) is 4. The van der Waals surface area contributed by atoms with E-state index in [1.807, 2.05) is 31.2 Å². The van der Waals surface area contributed by atoms with Gasteiger partial charge in [0.2, 0.25) is 0 Å². The quantitative estimate of drug-likeness (QED) is 0.803. The van der Waals surface area contributed by atoms with Crippen molar-refractivity contribution in [1.82, 2.24) is 20.2 Å². The highest BCUT2D eigenvalue weighted by molar-refractivity contribution is 5.26. The largest absolute Gasteiger partial charge is 0.493 e. The summed E-state index contributed by atoms with van der Waals surface area (Å²) in [6.07, 6.45) is 1.51. The molecule has 0 fully saturated rings. The third-order valence-electron chi connectivity index (χ3n) is 2.67. The first kappa shape index (κ1) is 13.5. The molecule has 6 nitrogen and oxygen atoms in total.